The molecule has 1 aromatic carbocycles. The lowest BCUT2D eigenvalue weighted by atomic mass is 10.2. The Morgan fingerprint density at radius 2 is 2.16 bits per heavy atom. The number of hydrogen-bond donors (Lipinski definition) is 1. The predicted octanol–water partition coefficient (Wildman–Crippen LogP) is 4.47. The number of nitrogens with zero attached hydrogens (tertiary/aromatic N) is 5. The van der Waals surface area contributed by atoms with Gasteiger partial charge in [0.1, 0.15) is 27.9 Å². The summed E-state index contributed by atoms with van der Waals surface area (Å²) in [7, 11) is 0. The highest BCUT2D eigenvalue weighted by molar-refractivity contribution is 7.99. The molecular formula is C21H18N6O3S2. The zero-order chi connectivity index (χ0) is 22.1. The number of para-hydroxylation sites is 2. The summed E-state index contributed by atoms with van der Waals surface area (Å²) in [6, 6.07) is 11.2. The van der Waals surface area contributed by atoms with Gasteiger partial charge in [-0.05, 0) is 48.5 Å². The maximum Gasteiger partial charge on any atom is 0.260 e. The molecule has 1 N–H and O–H groups in total. The second-order valence-corrected chi connectivity index (χ2v) is 8.96. The van der Waals surface area contributed by atoms with Gasteiger partial charge in [0.2, 0.25) is 5.16 Å². The molecule has 11 heteroatoms. The van der Waals surface area contributed by atoms with E-state index in [0.29, 0.717) is 39.3 Å². The van der Waals surface area contributed by atoms with E-state index < -0.39 is 0 Å². The van der Waals surface area contributed by atoms with Gasteiger partial charge in [0.05, 0.1) is 23.5 Å². The van der Waals surface area contributed by atoms with Crippen molar-refractivity contribution in [3.63, 3.8) is 0 Å². The number of benzene rings is 1. The van der Waals surface area contributed by atoms with Gasteiger partial charge in [-0.15, -0.1) is 16.4 Å². The highest BCUT2D eigenvalue weighted by Gasteiger charge is 2.21. The van der Waals surface area contributed by atoms with Crippen LogP contribution < -0.4 is 10.3 Å². The molecule has 0 radical (unpaired) electrons. The number of hydrogen-bond acceptors (Lipinski definition) is 9. The Bertz CT molecular complexity index is 1420. The number of furan rings is 1. The fourth-order valence-corrected chi connectivity index (χ4v) is 5.09. The molecule has 0 saturated carbocycles. The van der Waals surface area contributed by atoms with E-state index in [2.05, 4.69) is 20.5 Å². The van der Waals surface area contributed by atoms with E-state index >= 15 is 0 Å². The van der Waals surface area contributed by atoms with Crippen LogP contribution in [0.3, 0.4) is 0 Å². The molecule has 32 heavy (non-hydrogen) atoms. The third-order valence-corrected chi connectivity index (χ3v) is 6.66. The minimum Gasteiger partial charge on any atom is -0.492 e. The Morgan fingerprint density at radius 3 is 2.97 bits per heavy atom. The van der Waals surface area contributed by atoms with Crippen LogP contribution in [0.5, 0.6) is 5.75 Å². The summed E-state index contributed by atoms with van der Waals surface area (Å²) in [5, 5.41) is 14.9. The zero-order valence-corrected chi connectivity index (χ0v) is 18.8. The van der Waals surface area contributed by atoms with Gasteiger partial charge in [-0.1, -0.05) is 23.9 Å². The average molecular weight is 467 g/mol. The van der Waals surface area contributed by atoms with Crippen LogP contribution in [-0.2, 0) is 0 Å². The second-order valence-electron chi connectivity index (χ2n) is 6.79. The number of ether oxygens (including phenoxy) is 1. The summed E-state index contributed by atoms with van der Waals surface area (Å²) in [6.45, 7) is 4.40. The van der Waals surface area contributed by atoms with E-state index in [-0.39, 0.29) is 10.8 Å². The van der Waals surface area contributed by atoms with Crippen LogP contribution in [0.2, 0.25) is 0 Å². The molecular weight excluding hydrogens is 448 g/mol. The number of aromatic nitrogens is 6. The summed E-state index contributed by atoms with van der Waals surface area (Å²) in [4.78, 5) is 21.2. The van der Waals surface area contributed by atoms with E-state index in [9.17, 15) is 4.79 Å². The molecule has 1 atom stereocenters. The number of thioether (sulfide) groups is 1. The highest BCUT2D eigenvalue weighted by Crippen LogP contribution is 2.36. The largest absolute Gasteiger partial charge is 0.492 e. The molecule has 1 unspecified atom stereocenters. The molecule has 4 aromatic heterocycles. The third kappa shape index (κ3) is 3.69. The topological polar surface area (TPSA) is 112 Å². The summed E-state index contributed by atoms with van der Waals surface area (Å²) < 4.78 is 12.8. The SMILES string of the molecule is CCOc1ccccc1-n1nnnc1SC(C)c1nc2scc(-c3ccco3)c2c(=O)[nH]1. The fourth-order valence-electron chi connectivity index (χ4n) is 3.30. The quantitative estimate of drug-likeness (QED) is 0.350. The van der Waals surface area contributed by atoms with Gasteiger partial charge < -0.3 is 14.1 Å². The Labute approximate surface area is 190 Å². The Kier molecular flexibility index (Phi) is 5.50. The first-order chi connectivity index (χ1) is 15.7. The number of nitrogens with one attached hydrogen (secondary N) is 1. The van der Waals surface area contributed by atoms with E-state index in [1.807, 2.05) is 49.6 Å². The van der Waals surface area contributed by atoms with Gasteiger partial charge in [0.25, 0.3) is 5.56 Å². The van der Waals surface area contributed by atoms with Crippen molar-refractivity contribution in [2.24, 2.45) is 0 Å². The minimum atomic E-state index is -0.203. The lowest BCUT2D eigenvalue weighted by Crippen LogP contribution is -2.12. The van der Waals surface area contributed by atoms with Crippen molar-refractivity contribution in [3.8, 4) is 22.8 Å². The van der Waals surface area contributed by atoms with E-state index in [0.717, 1.165) is 11.3 Å². The number of aromatic amines is 1. The molecule has 0 saturated heterocycles. The van der Waals surface area contributed by atoms with Gasteiger partial charge in [-0.2, -0.15) is 4.68 Å². The van der Waals surface area contributed by atoms with Gasteiger partial charge in [0, 0.05) is 10.9 Å². The maximum absolute atomic E-state index is 12.9. The van der Waals surface area contributed by atoms with Crippen LogP contribution in [0, 0.1) is 0 Å². The van der Waals surface area contributed by atoms with Gasteiger partial charge >= 0.3 is 0 Å². The van der Waals surface area contributed by atoms with Crippen molar-refractivity contribution < 1.29 is 9.15 Å². The van der Waals surface area contributed by atoms with Gasteiger partial charge in [-0.3, -0.25) is 4.79 Å². The van der Waals surface area contributed by atoms with Crippen LogP contribution in [0.4, 0.5) is 0 Å². The van der Waals surface area contributed by atoms with E-state index in [4.69, 9.17) is 14.1 Å². The average Bonchev–Trinajstić information content (AvgIpc) is 3.55. The van der Waals surface area contributed by atoms with Crippen LogP contribution in [0.25, 0.3) is 27.2 Å². The number of fused-ring (bicyclic) bond motifs is 1. The first-order valence-electron chi connectivity index (χ1n) is 9.88. The molecule has 4 heterocycles. The van der Waals surface area contributed by atoms with E-state index in [1.165, 1.54) is 23.1 Å². The molecule has 0 fully saturated rings. The Morgan fingerprint density at radius 1 is 1.28 bits per heavy atom. The smallest absolute Gasteiger partial charge is 0.260 e. The van der Waals surface area contributed by atoms with Crippen LogP contribution in [0.1, 0.15) is 24.9 Å². The second kappa shape index (κ2) is 8.60. The first-order valence-corrected chi connectivity index (χ1v) is 11.6. The maximum atomic E-state index is 12.9. The lowest BCUT2D eigenvalue weighted by Gasteiger charge is -2.13. The minimum absolute atomic E-state index is 0.202. The van der Waals surface area contributed by atoms with Crippen molar-refractivity contribution in [1.29, 1.82) is 0 Å². The van der Waals surface area contributed by atoms with Crippen LogP contribution in [0.15, 0.2) is 62.4 Å². The number of rotatable bonds is 7. The van der Waals surface area contributed by atoms with Crippen molar-refractivity contribution in [2.45, 2.75) is 24.3 Å². The third-order valence-electron chi connectivity index (χ3n) is 4.75. The molecule has 5 aromatic rings. The standard InChI is InChI=1S/C21H18N6O3S2/c1-3-29-16-8-5-4-7-14(16)27-21(24-25-26-27)32-12(2)18-22-19(28)17-13(11-31-20(17)23-18)15-9-6-10-30-15/h4-12H,3H2,1-2H3,(H,22,23,28). The van der Waals surface area contributed by atoms with Crippen molar-refractivity contribution in [3.05, 3.63) is 64.2 Å². The molecule has 0 aliphatic rings. The van der Waals surface area contributed by atoms with Gasteiger partial charge in [0.15, 0.2) is 0 Å². The molecule has 5 rings (SSSR count). The monoisotopic (exact) mass is 466 g/mol. The lowest BCUT2D eigenvalue weighted by molar-refractivity contribution is 0.337. The number of tetrazole rings is 1. The Balaban J connectivity index is 1.47. The summed E-state index contributed by atoms with van der Waals surface area (Å²) in [5.41, 5.74) is 1.28. The van der Waals surface area contributed by atoms with Crippen molar-refractivity contribution >= 4 is 33.3 Å². The number of thiophene rings is 1. The molecule has 0 aliphatic carbocycles. The van der Waals surface area contributed by atoms with Crippen LogP contribution >= 0.6 is 23.1 Å². The molecule has 162 valence electrons. The Hall–Kier alpha value is -3.44. The highest BCUT2D eigenvalue weighted by atomic mass is 32.2. The summed E-state index contributed by atoms with van der Waals surface area (Å²) in [5.74, 6) is 1.88. The van der Waals surface area contributed by atoms with Crippen molar-refractivity contribution in [1.82, 2.24) is 30.2 Å². The summed E-state index contributed by atoms with van der Waals surface area (Å²) in [6.07, 6.45) is 1.58. The fraction of sp³-hybridized carbons (Fsp3) is 0.190. The predicted molar refractivity (Wildman–Crippen MR) is 123 cm³/mol. The van der Waals surface area contributed by atoms with Gasteiger partial charge in [-0.25, -0.2) is 4.98 Å². The summed E-state index contributed by atoms with van der Waals surface area (Å²) >= 11 is 2.81. The van der Waals surface area contributed by atoms with Crippen LogP contribution in [-0.4, -0.2) is 36.8 Å². The molecule has 0 aliphatic heterocycles. The molecule has 0 amide bonds. The van der Waals surface area contributed by atoms with Crippen molar-refractivity contribution in [2.75, 3.05) is 6.61 Å². The molecule has 9 nitrogen and oxygen atoms in total. The normalized spacial score (nSPS) is 12.3. The van der Waals surface area contributed by atoms with E-state index in [1.54, 1.807) is 17.0 Å². The molecule has 0 bridgehead atoms. The zero-order valence-electron chi connectivity index (χ0n) is 17.2. The molecule has 0 spiro atoms. The first kappa shape index (κ1) is 20.5. The number of H-pyrrole nitrogens is 1.